The zero-order valence-electron chi connectivity index (χ0n) is 15.4. The average Bonchev–Trinajstić information content (AvgIpc) is 2.69. The Balaban J connectivity index is 1.75. The van der Waals surface area contributed by atoms with E-state index in [-0.39, 0.29) is 0 Å². The third-order valence-corrected chi connectivity index (χ3v) is 5.12. The molecule has 0 N–H and O–H groups in total. The van der Waals surface area contributed by atoms with E-state index in [2.05, 4.69) is 84.8 Å². The number of aryl methyl sites for hydroxylation is 1. The number of rotatable bonds is 6. The SMILES string of the molecule is C=C/C=C(\C=C)N(c1ccccc1)c1ccc(-c2cccc3c2CC3)cc1. The van der Waals surface area contributed by atoms with Gasteiger partial charge in [-0.25, -0.2) is 0 Å². The van der Waals surface area contributed by atoms with Crippen LogP contribution in [0.5, 0.6) is 0 Å². The Labute approximate surface area is 161 Å². The number of hydrogen-bond acceptors (Lipinski definition) is 1. The van der Waals surface area contributed by atoms with Crippen LogP contribution in [0.4, 0.5) is 11.4 Å². The molecule has 3 aromatic carbocycles. The molecule has 0 aliphatic heterocycles. The van der Waals surface area contributed by atoms with Crippen molar-refractivity contribution in [3.05, 3.63) is 121 Å². The topological polar surface area (TPSA) is 3.24 Å². The van der Waals surface area contributed by atoms with Crippen molar-refractivity contribution in [3.63, 3.8) is 0 Å². The van der Waals surface area contributed by atoms with Gasteiger partial charge in [-0.1, -0.05) is 67.8 Å². The number of allylic oxidation sites excluding steroid dienone is 3. The lowest BCUT2D eigenvalue weighted by molar-refractivity contribution is 0.842. The molecular weight excluding hydrogens is 326 g/mol. The van der Waals surface area contributed by atoms with Gasteiger partial charge >= 0.3 is 0 Å². The van der Waals surface area contributed by atoms with E-state index in [0.717, 1.165) is 17.1 Å². The normalized spacial score (nSPS) is 12.7. The lowest BCUT2D eigenvalue weighted by Gasteiger charge is -2.27. The molecule has 1 heteroatoms. The summed E-state index contributed by atoms with van der Waals surface area (Å²) in [4.78, 5) is 2.20. The summed E-state index contributed by atoms with van der Waals surface area (Å²) in [5, 5.41) is 0. The number of nitrogens with zero attached hydrogens (tertiary/aromatic N) is 1. The number of hydrogen-bond donors (Lipinski definition) is 0. The molecule has 0 heterocycles. The molecule has 0 fully saturated rings. The quantitative estimate of drug-likeness (QED) is 0.440. The summed E-state index contributed by atoms with van der Waals surface area (Å²) in [6.07, 6.45) is 8.03. The van der Waals surface area contributed by atoms with E-state index in [4.69, 9.17) is 0 Å². The second-order valence-corrected chi connectivity index (χ2v) is 6.69. The fourth-order valence-corrected chi connectivity index (χ4v) is 3.69. The van der Waals surface area contributed by atoms with Crippen molar-refractivity contribution in [2.24, 2.45) is 0 Å². The minimum absolute atomic E-state index is 0.993. The van der Waals surface area contributed by atoms with Gasteiger partial charge in [-0.3, -0.25) is 0 Å². The van der Waals surface area contributed by atoms with Crippen molar-refractivity contribution in [1.82, 2.24) is 0 Å². The van der Waals surface area contributed by atoms with E-state index < -0.39 is 0 Å². The first kappa shape index (κ1) is 17.1. The molecule has 1 aliphatic carbocycles. The summed E-state index contributed by atoms with van der Waals surface area (Å²) in [7, 11) is 0. The highest BCUT2D eigenvalue weighted by molar-refractivity contribution is 5.76. The summed E-state index contributed by atoms with van der Waals surface area (Å²) < 4.78 is 0. The van der Waals surface area contributed by atoms with Crippen molar-refractivity contribution in [2.75, 3.05) is 4.90 Å². The molecule has 0 bridgehead atoms. The lowest BCUT2D eigenvalue weighted by atomic mass is 9.82. The summed E-state index contributed by atoms with van der Waals surface area (Å²) in [6, 6.07) is 25.8. The third-order valence-electron chi connectivity index (χ3n) is 5.12. The Morgan fingerprint density at radius 3 is 2.15 bits per heavy atom. The number of fused-ring (bicyclic) bond motifs is 1. The van der Waals surface area contributed by atoms with E-state index in [1.54, 1.807) is 6.08 Å². The van der Waals surface area contributed by atoms with Crippen molar-refractivity contribution in [1.29, 1.82) is 0 Å². The van der Waals surface area contributed by atoms with Crippen molar-refractivity contribution >= 4 is 11.4 Å². The van der Waals surface area contributed by atoms with E-state index in [0.29, 0.717) is 0 Å². The first-order valence-corrected chi connectivity index (χ1v) is 9.33. The molecule has 0 spiro atoms. The standard InChI is InChI=1S/C26H23N/c1-3-9-22(4-2)27(23-11-6-5-7-12-23)24-17-14-21(15-18-24)25-13-8-10-20-16-19-26(20)25/h3-15,17-18H,1-2,16,19H2/b22-9+. The predicted molar refractivity (Wildman–Crippen MR) is 116 cm³/mol. The maximum absolute atomic E-state index is 3.99. The molecule has 132 valence electrons. The van der Waals surface area contributed by atoms with Crippen LogP contribution in [-0.2, 0) is 12.8 Å². The predicted octanol–water partition coefficient (Wildman–Crippen LogP) is 6.85. The van der Waals surface area contributed by atoms with Crippen LogP contribution in [0.3, 0.4) is 0 Å². The molecule has 27 heavy (non-hydrogen) atoms. The van der Waals surface area contributed by atoms with Gasteiger partial charge in [0.1, 0.15) is 0 Å². The molecule has 0 amide bonds. The zero-order chi connectivity index (χ0) is 18.6. The monoisotopic (exact) mass is 349 g/mol. The van der Waals surface area contributed by atoms with Crippen molar-refractivity contribution < 1.29 is 0 Å². The summed E-state index contributed by atoms with van der Waals surface area (Å²) in [5.74, 6) is 0. The molecule has 0 radical (unpaired) electrons. The Kier molecular flexibility index (Phi) is 4.76. The Bertz CT molecular complexity index is 994. The highest BCUT2D eigenvalue weighted by Crippen LogP contribution is 2.36. The van der Waals surface area contributed by atoms with Crippen LogP contribution in [-0.4, -0.2) is 0 Å². The van der Waals surface area contributed by atoms with E-state index in [9.17, 15) is 0 Å². The lowest BCUT2D eigenvalue weighted by Crippen LogP contribution is -2.15. The Hall–Kier alpha value is -3.32. The molecule has 0 saturated carbocycles. The second kappa shape index (κ2) is 7.51. The highest BCUT2D eigenvalue weighted by Gasteiger charge is 2.18. The van der Waals surface area contributed by atoms with E-state index in [1.165, 1.54) is 35.1 Å². The molecular formula is C26H23N. The molecule has 4 rings (SSSR count). The average molecular weight is 349 g/mol. The minimum atomic E-state index is 0.993. The summed E-state index contributed by atoms with van der Waals surface area (Å²) in [5.41, 5.74) is 8.83. The van der Waals surface area contributed by atoms with E-state index in [1.807, 2.05) is 18.2 Å². The first-order valence-electron chi connectivity index (χ1n) is 9.33. The summed E-state index contributed by atoms with van der Waals surface area (Å²) in [6.45, 7) is 7.83. The van der Waals surface area contributed by atoms with Crippen molar-refractivity contribution in [3.8, 4) is 11.1 Å². The van der Waals surface area contributed by atoms with Crippen LogP contribution in [0.2, 0.25) is 0 Å². The van der Waals surface area contributed by atoms with Crippen LogP contribution in [0, 0.1) is 0 Å². The second-order valence-electron chi connectivity index (χ2n) is 6.69. The van der Waals surface area contributed by atoms with Crippen LogP contribution < -0.4 is 4.90 Å². The maximum Gasteiger partial charge on any atom is 0.0462 e. The van der Waals surface area contributed by atoms with Gasteiger partial charge < -0.3 is 4.90 Å². The zero-order valence-corrected chi connectivity index (χ0v) is 15.4. The van der Waals surface area contributed by atoms with Crippen LogP contribution in [0.1, 0.15) is 11.1 Å². The number of benzene rings is 3. The molecule has 1 nitrogen and oxygen atoms in total. The van der Waals surface area contributed by atoms with Gasteiger partial charge in [0.2, 0.25) is 0 Å². The third kappa shape index (κ3) is 3.24. The maximum atomic E-state index is 3.99. The molecule has 3 aromatic rings. The Morgan fingerprint density at radius 1 is 0.778 bits per heavy atom. The highest BCUT2D eigenvalue weighted by atomic mass is 15.1. The van der Waals surface area contributed by atoms with Gasteiger partial charge in [-0.15, -0.1) is 0 Å². The fraction of sp³-hybridized carbons (Fsp3) is 0.0769. The number of para-hydroxylation sites is 1. The van der Waals surface area contributed by atoms with Gasteiger partial charge in [0.25, 0.3) is 0 Å². The molecule has 0 saturated heterocycles. The Morgan fingerprint density at radius 2 is 1.52 bits per heavy atom. The van der Waals surface area contributed by atoms with Gasteiger partial charge in [0.05, 0.1) is 0 Å². The van der Waals surface area contributed by atoms with Gasteiger partial charge in [0.15, 0.2) is 0 Å². The minimum Gasteiger partial charge on any atom is -0.311 e. The van der Waals surface area contributed by atoms with Crippen LogP contribution >= 0.6 is 0 Å². The first-order chi connectivity index (χ1) is 13.3. The summed E-state index contributed by atoms with van der Waals surface area (Å²) >= 11 is 0. The van der Waals surface area contributed by atoms with E-state index >= 15 is 0 Å². The smallest absolute Gasteiger partial charge is 0.0462 e. The molecule has 0 aromatic heterocycles. The largest absolute Gasteiger partial charge is 0.311 e. The van der Waals surface area contributed by atoms with Crippen molar-refractivity contribution in [2.45, 2.75) is 12.8 Å². The number of anilines is 2. The van der Waals surface area contributed by atoms with Crippen LogP contribution in [0.15, 0.2) is 110 Å². The van der Waals surface area contributed by atoms with Crippen LogP contribution in [0.25, 0.3) is 11.1 Å². The van der Waals surface area contributed by atoms with Gasteiger partial charge in [0, 0.05) is 17.1 Å². The van der Waals surface area contributed by atoms with Gasteiger partial charge in [-0.2, -0.15) is 0 Å². The molecule has 1 aliphatic rings. The molecule has 0 atom stereocenters. The fourth-order valence-electron chi connectivity index (χ4n) is 3.69. The molecule has 0 unspecified atom stereocenters. The van der Waals surface area contributed by atoms with Gasteiger partial charge in [-0.05, 0) is 71.5 Å².